The van der Waals surface area contributed by atoms with Gasteiger partial charge in [-0.25, -0.2) is 4.98 Å². The van der Waals surface area contributed by atoms with Crippen molar-refractivity contribution >= 4 is 11.6 Å². The van der Waals surface area contributed by atoms with Crippen molar-refractivity contribution in [2.24, 2.45) is 0 Å². The third kappa shape index (κ3) is 2.39. The number of halogens is 1. The van der Waals surface area contributed by atoms with E-state index in [0.29, 0.717) is 16.7 Å². The third-order valence-corrected chi connectivity index (χ3v) is 2.04. The van der Waals surface area contributed by atoms with Crippen molar-refractivity contribution < 1.29 is 9.84 Å². The van der Waals surface area contributed by atoms with Crippen LogP contribution in [0.15, 0.2) is 42.6 Å². The number of phenols is 1. The van der Waals surface area contributed by atoms with Gasteiger partial charge in [0, 0.05) is 12.3 Å². The van der Waals surface area contributed by atoms with E-state index in [1.165, 1.54) is 6.07 Å². The van der Waals surface area contributed by atoms with Crippen LogP contribution in [0.5, 0.6) is 17.4 Å². The van der Waals surface area contributed by atoms with Gasteiger partial charge in [-0.15, -0.1) is 0 Å². The molecule has 2 aromatic rings. The molecule has 1 aromatic heterocycles. The Balaban J connectivity index is 2.26. The van der Waals surface area contributed by atoms with Crippen LogP contribution in [0.3, 0.4) is 0 Å². The highest BCUT2D eigenvalue weighted by molar-refractivity contribution is 6.31. The highest BCUT2D eigenvalue weighted by atomic mass is 35.5. The fraction of sp³-hybridized carbons (Fsp3) is 0. The van der Waals surface area contributed by atoms with Gasteiger partial charge in [0.25, 0.3) is 0 Å². The smallest absolute Gasteiger partial charge is 0.238 e. The van der Waals surface area contributed by atoms with E-state index in [2.05, 4.69) is 4.98 Å². The van der Waals surface area contributed by atoms with E-state index in [-0.39, 0.29) is 5.75 Å². The molecular weight excluding hydrogens is 214 g/mol. The molecule has 0 saturated heterocycles. The van der Waals surface area contributed by atoms with Crippen LogP contribution in [-0.4, -0.2) is 10.1 Å². The van der Waals surface area contributed by atoms with Crippen molar-refractivity contribution in [1.82, 2.24) is 4.98 Å². The van der Waals surface area contributed by atoms with Crippen molar-refractivity contribution in [1.29, 1.82) is 0 Å². The topological polar surface area (TPSA) is 42.4 Å². The molecule has 76 valence electrons. The summed E-state index contributed by atoms with van der Waals surface area (Å²) in [5.74, 6) is 0.958. The lowest BCUT2D eigenvalue weighted by atomic mass is 10.3. The lowest BCUT2D eigenvalue weighted by molar-refractivity contribution is 0.446. The Hall–Kier alpha value is -1.74. The molecule has 0 aliphatic rings. The summed E-state index contributed by atoms with van der Waals surface area (Å²) in [5, 5.41) is 9.66. The van der Waals surface area contributed by atoms with Crippen molar-refractivity contribution in [3.05, 3.63) is 47.6 Å². The number of rotatable bonds is 2. The normalized spacial score (nSPS) is 9.93. The Morgan fingerprint density at radius 3 is 2.80 bits per heavy atom. The highest BCUT2D eigenvalue weighted by Crippen LogP contribution is 2.27. The molecule has 4 heteroatoms. The van der Waals surface area contributed by atoms with Crippen molar-refractivity contribution in [3.8, 4) is 17.4 Å². The first-order valence-corrected chi connectivity index (χ1v) is 4.71. The monoisotopic (exact) mass is 221 g/mol. The summed E-state index contributed by atoms with van der Waals surface area (Å²) in [7, 11) is 0. The molecule has 15 heavy (non-hydrogen) atoms. The number of phenolic OH excluding ortho intramolecular Hbond substituents is 1. The van der Waals surface area contributed by atoms with E-state index in [1.807, 2.05) is 0 Å². The van der Waals surface area contributed by atoms with E-state index in [1.54, 1.807) is 36.5 Å². The molecular formula is C11H8ClNO2. The Labute approximate surface area is 91.9 Å². The van der Waals surface area contributed by atoms with Gasteiger partial charge in [0.1, 0.15) is 16.5 Å². The Kier molecular flexibility index (Phi) is 2.74. The Bertz CT molecular complexity index is 474. The molecule has 2 rings (SSSR count). The first-order valence-electron chi connectivity index (χ1n) is 4.33. The number of ether oxygens (including phenoxy) is 1. The first-order chi connectivity index (χ1) is 7.25. The summed E-state index contributed by atoms with van der Waals surface area (Å²) >= 11 is 5.86. The van der Waals surface area contributed by atoms with E-state index in [4.69, 9.17) is 16.3 Å². The fourth-order valence-corrected chi connectivity index (χ4v) is 1.27. The molecule has 0 atom stereocenters. The molecule has 1 aromatic carbocycles. The van der Waals surface area contributed by atoms with Gasteiger partial charge in [0.2, 0.25) is 5.88 Å². The molecule has 0 bridgehead atoms. The minimum atomic E-state index is 0.138. The van der Waals surface area contributed by atoms with Gasteiger partial charge >= 0.3 is 0 Å². The summed E-state index contributed by atoms with van der Waals surface area (Å²) in [5.41, 5.74) is 0. The SMILES string of the molecule is Oc1cccc(Oc2ncccc2Cl)c1. The van der Waals surface area contributed by atoms with Crippen LogP contribution < -0.4 is 4.74 Å². The predicted molar refractivity (Wildman–Crippen MR) is 57.4 cm³/mol. The van der Waals surface area contributed by atoms with E-state index >= 15 is 0 Å². The average Bonchev–Trinajstić information content (AvgIpc) is 2.22. The fourth-order valence-electron chi connectivity index (χ4n) is 1.10. The molecule has 1 N–H and O–H groups in total. The molecule has 3 nitrogen and oxygen atoms in total. The van der Waals surface area contributed by atoms with E-state index in [9.17, 15) is 5.11 Å². The maximum atomic E-state index is 9.23. The number of aromatic hydroxyl groups is 1. The van der Waals surface area contributed by atoms with Crippen LogP contribution in [-0.2, 0) is 0 Å². The van der Waals surface area contributed by atoms with Gasteiger partial charge < -0.3 is 9.84 Å². The van der Waals surface area contributed by atoms with Gasteiger partial charge in [-0.1, -0.05) is 17.7 Å². The van der Waals surface area contributed by atoms with Crippen LogP contribution in [0.1, 0.15) is 0 Å². The molecule has 0 unspecified atom stereocenters. The average molecular weight is 222 g/mol. The first kappa shape index (κ1) is 9.80. The van der Waals surface area contributed by atoms with Crippen molar-refractivity contribution in [3.63, 3.8) is 0 Å². The van der Waals surface area contributed by atoms with Crippen LogP contribution in [0, 0.1) is 0 Å². The quantitative estimate of drug-likeness (QED) is 0.847. The highest BCUT2D eigenvalue weighted by Gasteiger charge is 2.03. The number of benzene rings is 1. The van der Waals surface area contributed by atoms with Gasteiger partial charge in [0.15, 0.2) is 0 Å². The van der Waals surface area contributed by atoms with Crippen LogP contribution in [0.25, 0.3) is 0 Å². The van der Waals surface area contributed by atoms with Gasteiger partial charge in [-0.2, -0.15) is 0 Å². The zero-order valence-corrected chi connectivity index (χ0v) is 8.48. The summed E-state index contributed by atoms with van der Waals surface area (Å²) in [6, 6.07) is 9.86. The predicted octanol–water partition coefficient (Wildman–Crippen LogP) is 3.23. The van der Waals surface area contributed by atoms with Crippen LogP contribution in [0.4, 0.5) is 0 Å². The lowest BCUT2D eigenvalue weighted by Gasteiger charge is -2.05. The molecule has 0 spiro atoms. The lowest BCUT2D eigenvalue weighted by Crippen LogP contribution is -1.87. The maximum Gasteiger partial charge on any atom is 0.238 e. The molecule has 0 fully saturated rings. The van der Waals surface area contributed by atoms with Crippen molar-refractivity contribution in [2.75, 3.05) is 0 Å². The second kappa shape index (κ2) is 4.19. The minimum absolute atomic E-state index is 0.138. The van der Waals surface area contributed by atoms with Crippen molar-refractivity contribution in [2.45, 2.75) is 0 Å². The maximum absolute atomic E-state index is 9.23. The van der Waals surface area contributed by atoms with Gasteiger partial charge in [0.05, 0.1) is 0 Å². The Morgan fingerprint density at radius 2 is 2.07 bits per heavy atom. The van der Waals surface area contributed by atoms with Gasteiger partial charge in [-0.3, -0.25) is 0 Å². The number of pyridine rings is 1. The molecule has 0 aliphatic carbocycles. The number of aromatic nitrogens is 1. The molecule has 0 radical (unpaired) electrons. The molecule has 1 heterocycles. The molecule has 0 saturated carbocycles. The van der Waals surface area contributed by atoms with Crippen LogP contribution in [0.2, 0.25) is 5.02 Å². The largest absolute Gasteiger partial charge is 0.508 e. The number of hydrogen-bond donors (Lipinski definition) is 1. The second-order valence-corrected chi connectivity index (χ2v) is 3.30. The summed E-state index contributed by atoms with van der Waals surface area (Å²) < 4.78 is 5.39. The number of hydrogen-bond acceptors (Lipinski definition) is 3. The van der Waals surface area contributed by atoms with Crippen LogP contribution >= 0.6 is 11.6 Å². The Morgan fingerprint density at radius 1 is 1.20 bits per heavy atom. The standard InChI is InChI=1S/C11H8ClNO2/c12-10-5-2-6-13-11(10)15-9-4-1-3-8(14)7-9/h1-7,14H. The minimum Gasteiger partial charge on any atom is -0.508 e. The molecule has 0 amide bonds. The zero-order chi connectivity index (χ0) is 10.7. The molecule has 0 aliphatic heterocycles. The summed E-state index contributed by atoms with van der Waals surface area (Å²) in [6.45, 7) is 0. The van der Waals surface area contributed by atoms with E-state index < -0.39 is 0 Å². The zero-order valence-electron chi connectivity index (χ0n) is 7.72. The summed E-state index contributed by atoms with van der Waals surface area (Å²) in [6.07, 6.45) is 1.59. The number of nitrogens with zero attached hydrogens (tertiary/aromatic N) is 1. The second-order valence-electron chi connectivity index (χ2n) is 2.89. The third-order valence-electron chi connectivity index (χ3n) is 1.76. The van der Waals surface area contributed by atoms with Gasteiger partial charge in [-0.05, 0) is 24.3 Å². The summed E-state index contributed by atoms with van der Waals surface area (Å²) in [4.78, 5) is 3.97. The van der Waals surface area contributed by atoms with E-state index in [0.717, 1.165) is 0 Å².